The molecule has 0 saturated carbocycles. The number of nitrogens with one attached hydrogen (secondary N) is 2. The molecule has 0 radical (unpaired) electrons. The van der Waals surface area contributed by atoms with Gasteiger partial charge >= 0.3 is 29.8 Å². The molecule has 20 nitrogen and oxygen atoms in total. The van der Waals surface area contributed by atoms with Gasteiger partial charge in [0.05, 0.1) is 13.0 Å². The molecule has 0 fully saturated rings. The highest BCUT2D eigenvalue weighted by atomic mass is 32.2. The van der Waals surface area contributed by atoms with Crippen LogP contribution >= 0.6 is 11.8 Å². The number of carboxylic acid groups (broad SMARTS) is 5. The van der Waals surface area contributed by atoms with Crippen molar-refractivity contribution in [2.24, 2.45) is 28.7 Å². The Balaban J connectivity index is -0.000000227. The minimum Gasteiger partial charge on any atom is -0.480 e. The van der Waals surface area contributed by atoms with E-state index in [1.165, 1.54) is 6.92 Å². The summed E-state index contributed by atoms with van der Waals surface area (Å²) in [7, 11) is 0. The quantitative estimate of drug-likeness (QED) is 0.0255. The molecule has 0 aliphatic heterocycles. The average Bonchev–Trinajstić information content (AvgIpc) is 3.17. The third-order valence-corrected chi connectivity index (χ3v) is 8.70. The predicted octanol–water partition coefficient (Wildman–Crippen LogP) is 2.28. The Morgan fingerprint density at radius 1 is 0.531 bits per heavy atom. The minimum absolute atomic E-state index is 0.0487. The number of ketones is 2. The Morgan fingerprint density at radius 3 is 1.31 bits per heavy atom. The second kappa shape index (κ2) is 45.3. The monoisotopic (exact) mass is 936 g/mol. The molecule has 0 aliphatic carbocycles. The predicted molar refractivity (Wildman–Crippen MR) is 253 cm³/mol. The molecule has 21 heteroatoms. The maximum absolute atomic E-state index is 10.9. The smallest absolute Gasteiger partial charge is 0.320 e. The van der Waals surface area contributed by atoms with E-state index >= 15 is 0 Å². The number of hydrogen-bond acceptors (Lipinski definition) is 16. The van der Waals surface area contributed by atoms with E-state index in [1.807, 2.05) is 27.7 Å². The summed E-state index contributed by atoms with van der Waals surface area (Å²) in [5, 5.41) is 48.3. The van der Waals surface area contributed by atoms with Gasteiger partial charge < -0.3 is 69.6 Å². The maximum Gasteiger partial charge on any atom is 0.320 e. The van der Waals surface area contributed by atoms with E-state index in [9.17, 15) is 33.6 Å². The molecule has 0 aliphatic rings. The number of carbonyl (C=O) groups is 7. The standard InChI is InChI=1S/C9H18N2O2.C9H17NO3.C9H17NO2S.C8H16N2O2.C8H13NO4/c1-7(2)6-11-5-3-4-8(10)9(12)13;2*1-7(2)6-13-5-3-4-8(10)9(11)12;1-6(2)5-10-4-3-7(9)8(11)12;1-5(10)4-6(11)2-3-7(9)8(12)13/h8,11H,1,3-6,10H2,2H3,(H,12,13);2*8H,1,3-6,10H2,2H3,(H,11,12);7,10H,1,3-5,9H2,2H3,(H,11,12);7H,2-4,9H2,1H3,(H,12,13). The van der Waals surface area contributed by atoms with Crippen LogP contribution in [0.1, 0.15) is 98.8 Å². The molecular formula is C43H81N7O13S. The minimum atomic E-state index is -1.13. The van der Waals surface area contributed by atoms with Crippen molar-refractivity contribution in [1.82, 2.24) is 10.6 Å². The summed E-state index contributed by atoms with van der Waals surface area (Å²) in [5.41, 5.74) is 30.6. The molecule has 0 aromatic rings. The fraction of sp³-hybridized carbons (Fsp3) is 0.651. The van der Waals surface area contributed by atoms with Gasteiger partial charge in [0.2, 0.25) is 0 Å². The first-order chi connectivity index (χ1) is 29.6. The summed E-state index contributed by atoms with van der Waals surface area (Å²) in [6, 6.07) is -3.98. The molecule has 0 amide bonds. The molecule has 64 heavy (non-hydrogen) atoms. The molecule has 0 rings (SSSR count). The van der Waals surface area contributed by atoms with Gasteiger partial charge in [-0.1, -0.05) is 48.6 Å². The molecule has 0 aromatic heterocycles. The van der Waals surface area contributed by atoms with Crippen molar-refractivity contribution in [1.29, 1.82) is 0 Å². The van der Waals surface area contributed by atoms with E-state index in [2.05, 4.69) is 36.9 Å². The molecule has 0 bridgehead atoms. The van der Waals surface area contributed by atoms with Gasteiger partial charge in [0.15, 0.2) is 0 Å². The van der Waals surface area contributed by atoms with Crippen LogP contribution < -0.4 is 39.3 Å². The zero-order valence-electron chi connectivity index (χ0n) is 38.7. The molecule has 5 atom stereocenters. The lowest BCUT2D eigenvalue weighted by molar-refractivity contribution is -0.139. The fourth-order valence-corrected chi connectivity index (χ4v) is 4.78. The number of nitrogens with two attached hydrogens (primary N) is 5. The van der Waals surface area contributed by atoms with E-state index in [0.717, 1.165) is 59.7 Å². The fourth-order valence-electron chi connectivity index (χ4n) is 3.91. The van der Waals surface area contributed by atoms with Crippen LogP contribution in [0.25, 0.3) is 0 Å². The highest BCUT2D eigenvalue weighted by molar-refractivity contribution is 7.99. The first-order valence-corrected chi connectivity index (χ1v) is 21.8. The van der Waals surface area contributed by atoms with Gasteiger partial charge in [-0.15, -0.1) is 0 Å². The van der Waals surface area contributed by atoms with Crippen molar-refractivity contribution in [3.8, 4) is 0 Å². The lowest BCUT2D eigenvalue weighted by Crippen LogP contribution is -2.33. The van der Waals surface area contributed by atoms with Gasteiger partial charge in [-0.3, -0.25) is 33.6 Å². The number of thioether (sulfide) groups is 1. The van der Waals surface area contributed by atoms with Crippen LogP contribution in [-0.4, -0.2) is 148 Å². The Bertz CT molecular complexity index is 1320. The van der Waals surface area contributed by atoms with Crippen molar-refractivity contribution in [2.75, 3.05) is 50.9 Å². The first kappa shape index (κ1) is 68.7. The Morgan fingerprint density at radius 2 is 0.922 bits per heavy atom. The van der Waals surface area contributed by atoms with Crippen LogP contribution in [0.2, 0.25) is 0 Å². The van der Waals surface area contributed by atoms with E-state index in [-0.39, 0.29) is 30.8 Å². The van der Waals surface area contributed by atoms with Gasteiger partial charge in [0, 0.05) is 31.9 Å². The van der Waals surface area contributed by atoms with E-state index < -0.39 is 60.1 Å². The van der Waals surface area contributed by atoms with Gasteiger partial charge in [-0.25, -0.2) is 0 Å². The zero-order chi connectivity index (χ0) is 50.8. The molecule has 5 unspecified atom stereocenters. The van der Waals surface area contributed by atoms with Crippen molar-refractivity contribution in [3.05, 3.63) is 48.6 Å². The van der Waals surface area contributed by atoms with E-state index in [1.54, 1.807) is 11.8 Å². The number of carbonyl (C=O) groups excluding carboxylic acids is 2. The highest BCUT2D eigenvalue weighted by Crippen LogP contribution is 2.09. The number of rotatable bonds is 33. The van der Waals surface area contributed by atoms with E-state index in [0.29, 0.717) is 58.4 Å². The molecule has 0 spiro atoms. The summed E-state index contributed by atoms with van der Waals surface area (Å²) in [6.45, 7) is 27.9. The van der Waals surface area contributed by atoms with Crippen molar-refractivity contribution in [2.45, 2.75) is 129 Å². The summed E-state index contributed by atoms with van der Waals surface area (Å²) >= 11 is 1.77. The highest BCUT2D eigenvalue weighted by Gasteiger charge is 2.15. The van der Waals surface area contributed by atoms with Gasteiger partial charge in [0.1, 0.15) is 41.8 Å². The first-order valence-electron chi connectivity index (χ1n) is 20.7. The second-order valence-electron chi connectivity index (χ2n) is 15.2. The van der Waals surface area contributed by atoms with Gasteiger partial charge in [-0.2, -0.15) is 11.8 Å². The number of ether oxygens (including phenoxy) is 1. The number of carboxylic acids is 5. The van der Waals surface area contributed by atoms with Crippen molar-refractivity contribution in [3.63, 3.8) is 0 Å². The normalized spacial score (nSPS) is 12.4. The van der Waals surface area contributed by atoms with E-state index in [4.69, 9.17) is 58.9 Å². The maximum atomic E-state index is 10.9. The Hall–Kier alpha value is -4.32. The summed E-state index contributed by atoms with van der Waals surface area (Å²) < 4.78 is 5.18. The lowest BCUT2D eigenvalue weighted by Gasteiger charge is -2.06. The van der Waals surface area contributed by atoms with Crippen LogP contribution in [0.5, 0.6) is 0 Å². The largest absolute Gasteiger partial charge is 0.480 e. The molecular weight excluding hydrogens is 855 g/mol. The van der Waals surface area contributed by atoms with Crippen LogP contribution in [0.15, 0.2) is 48.6 Å². The summed E-state index contributed by atoms with van der Waals surface area (Å²) in [6.07, 6.45) is 4.26. The third kappa shape index (κ3) is 59.8. The topological polar surface area (TPSA) is 384 Å². The average molecular weight is 936 g/mol. The van der Waals surface area contributed by atoms with Gasteiger partial charge in [-0.05, 0) is 105 Å². The van der Waals surface area contributed by atoms with Crippen molar-refractivity contribution < 1.29 is 63.8 Å². The van der Waals surface area contributed by atoms with Crippen LogP contribution in [-0.2, 0) is 38.3 Å². The number of aliphatic carboxylic acids is 5. The molecule has 0 heterocycles. The second-order valence-corrected chi connectivity index (χ2v) is 16.3. The summed E-state index contributed by atoms with van der Waals surface area (Å²) in [5.74, 6) is -3.46. The summed E-state index contributed by atoms with van der Waals surface area (Å²) in [4.78, 5) is 72.8. The van der Waals surface area contributed by atoms with Crippen LogP contribution in [0, 0.1) is 0 Å². The molecule has 0 aromatic carbocycles. The molecule has 0 saturated heterocycles. The van der Waals surface area contributed by atoms with Crippen molar-refractivity contribution >= 4 is 53.2 Å². The number of hydrogen-bond donors (Lipinski definition) is 12. The zero-order valence-corrected chi connectivity index (χ0v) is 39.6. The SMILES string of the molecule is C=C(C)CNCCC(N)C(=O)O.C=C(C)CNCCCC(N)C(=O)O.C=C(C)COCCCC(N)C(=O)O.C=C(C)CSCCCC(N)C(=O)O.CC(=O)CC(=O)CCC(N)C(=O)O. The Labute approximate surface area is 383 Å². The number of Topliss-reactive ketones (excluding diaryl/α,β-unsaturated/α-hetero) is 2. The lowest BCUT2D eigenvalue weighted by atomic mass is 10.1. The van der Waals surface area contributed by atoms with Crippen LogP contribution in [0.3, 0.4) is 0 Å². The Kier molecular flexibility index (Phi) is 48.6. The molecule has 17 N–H and O–H groups in total. The molecule has 372 valence electrons. The third-order valence-electron chi connectivity index (χ3n) is 7.43. The van der Waals surface area contributed by atoms with Crippen LogP contribution in [0.4, 0.5) is 0 Å². The van der Waals surface area contributed by atoms with Gasteiger partial charge in [0.25, 0.3) is 0 Å².